The lowest BCUT2D eigenvalue weighted by Crippen LogP contribution is -2.36. The molecule has 1 fully saturated rings. The molecular weight excluding hydrogens is 304 g/mol. The van der Waals surface area contributed by atoms with Crippen LogP contribution in [0.15, 0.2) is 54.6 Å². The summed E-state index contributed by atoms with van der Waals surface area (Å²) in [4.78, 5) is 26.5. The number of nitrogens with zero attached hydrogens (tertiary/aromatic N) is 1. The van der Waals surface area contributed by atoms with Crippen molar-refractivity contribution in [3.05, 3.63) is 60.2 Å². The Morgan fingerprint density at radius 1 is 1.17 bits per heavy atom. The van der Waals surface area contributed by atoms with Crippen LogP contribution in [0.2, 0.25) is 0 Å². The van der Waals surface area contributed by atoms with E-state index in [9.17, 15) is 9.59 Å². The lowest BCUT2D eigenvalue weighted by atomic mass is 10.1. The third kappa shape index (κ3) is 3.40. The summed E-state index contributed by atoms with van der Waals surface area (Å²) in [5.41, 5.74) is 1.81. The molecular formula is C19H20N2O3. The van der Waals surface area contributed by atoms with Crippen molar-refractivity contribution in [1.82, 2.24) is 5.32 Å². The fourth-order valence-electron chi connectivity index (χ4n) is 2.84. The molecule has 3 rings (SSSR count). The zero-order valence-corrected chi connectivity index (χ0v) is 13.6. The highest BCUT2D eigenvalue weighted by atomic mass is 16.5. The van der Waals surface area contributed by atoms with E-state index in [1.807, 2.05) is 54.6 Å². The molecule has 2 amide bonds. The molecule has 1 unspecified atom stereocenters. The van der Waals surface area contributed by atoms with Gasteiger partial charge >= 0.3 is 0 Å². The summed E-state index contributed by atoms with van der Waals surface area (Å²) in [6.07, 6.45) is 0.544. The second kappa shape index (κ2) is 7.17. The fraction of sp³-hybridized carbons (Fsp3) is 0.263. The largest absolute Gasteiger partial charge is 0.497 e. The van der Waals surface area contributed by atoms with Crippen molar-refractivity contribution in [2.45, 2.75) is 13.0 Å². The van der Waals surface area contributed by atoms with Crippen molar-refractivity contribution in [3.8, 4) is 5.75 Å². The second-order valence-corrected chi connectivity index (χ2v) is 5.73. The molecule has 24 heavy (non-hydrogen) atoms. The zero-order chi connectivity index (χ0) is 16.9. The highest BCUT2D eigenvalue weighted by Crippen LogP contribution is 2.25. The minimum atomic E-state index is -0.608. The van der Waals surface area contributed by atoms with E-state index in [2.05, 4.69) is 5.32 Å². The van der Waals surface area contributed by atoms with Crippen LogP contribution in [0.1, 0.15) is 12.0 Å². The standard InChI is InChI=1S/C19H20N2O3/c1-24-16-9-7-14(8-10-16)13-20-18(22)17-11-12-21(19(17)23)15-5-3-2-4-6-15/h2-10,17H,11-13H2,1H3,(H,20,22). The maximum atomic E-state index is 12.5. The molecule has 1 N–H and O–H groups in total. The molecule has 0 aromatic heterocycles. The normalized spacial score (nSPS) is 17.0. The molecule has 0 radical (unpaired) electrons. The summed E-state index contributed by atoms with van der Waals surface area (Å²) < 4.78 is 5.11. The average Bonchev–Trinajstić information content (AvgIpc) is 3.02. The van der Waals surface area contributed by atoms with E-state index in [0.29, 0.717) is 19.5 Å². The smallest absolute Gasteiger partial charge is 0.239 e. The number of nitrogens with one attached hydrogen (secondary N) is 1. The first-order valence-corrected chi connectivity index (χ1v) is 7.96. The molecule has 5 nitrogen and oxygen atoms in total. The first-order chi connectivity index (χ1) is 11.7. The molecule has 1 saturated heterocycles. The van der Waals surface area contributed by atoms with E-state index in [4.69, 9.17) is 4.74 Å². The minimum Gasteiger partial charge on any atom is -0.497 e. The number of carbonyl (C=O) groups is 2. The number of para-hydroxylation sites is 1. The Bertz CT molecular complexity index is 713. The second-order valence-electron chi connectivity index (χ2n) is 5.73. The van der Waals surface area contributed by atoms with Gasteiger partial charge in [-0.2, -0.15) is 0 Å². The van der Waals surface area contributed by atoms with Crippen LogP contribution in [0.25, 0.3) is 0 Å². The van der Waals surface area contributed by atoms with Crippen LogP contribution in [0, 0.1) is 5.92 Å². The molecule has 2 aromatic carbocycles. The van der Waals surface area contributed by atoms with E-state index in [1.165, 1.54) is 0 Å². The lowest BCUT2D eigenvalue weighted by Gasteiger charge is -2.16. The van der Waals surface area contributed by atoms with Gasteiger partial charge in [0.05, 0.1) is 7.11 Å². The molecule has 2 aromatic rings. The van der Waals surface area contributed by atoms with Crippen LogP contribution in [-0.2, 0) is 16.1 Å². The van der Waals surface area contributed by atoms with Crippen molar-refractivity contribution in [1.29, 1.82) is 0 Å². The summed E-state index contributed by atoms with van der Waals surface area (Å²) in [7, 11) is 1.61. The van der Waals surface area contributed by atoms with Crippen LogP contribution in [0.3, 0.4) is 0 Å². The topological polar surface area (TPSA) is 58.6 Å². The lowest BCUT2D eigenvalue weighted by molar-refractivity contribution is -0.132. The van der Waals surface area contributed by atoms with E-state index >= 15 is 0 Å². The third-order valence-corrected chi connectivity index (χ3v) is 4.22. The quantitative estimate of drug-likeness (QED) is 0.859. The maximum absolute atomic E-state index is 12.5. The first-order valence-electron chi connectivity index (χ1n) is 7.96. The third-order valence-electron chi connectivity index (χ3n) is 4.22. The number of ether oxygens (including phenoxy) is 1. The number of hydrogen-bond acceptors (Lipinski definition) is 3. The summed E-state index contributed by atoms with van der Waals surface area (Å²) in [5, 5.41) is 2.85. The minimum absolute atomic E-state index is 0.131. The molecule has 1 aliphatic rings. The van der Waals surface area contributed by atoms with Gasteiger partial charge in [0.15, 0.2) is 0 Å². The van der Waals surface area contributed by atoms with Gasteiger partial charge in [0, 0.05) is 18.8 Å². The molecule has 124 valence electrons. The van der Waals surface area contributed by atoms with Gasteiger partial charge in [-0.25, -0.2) is 0 Å². The van der Waals surface area contributed by atoms with Crippen molar-refractivity contribution in [2.75, 3.05) is 18.6 Å². The Labute approximate surface area is 141 Å². The summed E-state index contributed by atoms with van der Waals surface area (Å²) in [5.74, 6) is -0.180. The van der Waals surface area contributed by atoms with Crippen molar-refractivity contribution in [2.24, 2.45) is 5.92 Å². The highest BCUT2D eigenvalue weighted by Gasteiger charge is 2.37. The van der Waals surface area contributed by atoms with Gasteiger partial charge in [-0.15, -0.1) is 0 Å². The molecule has 0 spiro atoms. The number of rotatable bonds is 5. The first kappa shape index (κ1) is 16.1. The number of anilines is 1. The molecule has 0 aliphatic carbocycles. The van der Waals surface area contributed by atoms with Crippen molar-refractivity contribution in [3.63, 3.8) is 0 Å². The molecule has 1 heterocycles. The summed E-state index contributed by atoms with van der Waals surface area (Å²) in [6.45, 7) is 0.974. The van der Waals surface area contributed by atoms with E-state index in [0.717, 1.165) is 17.0 Å². The maximum Gasteiger partial charge on any atom is 0.239 e. The van der Waals surface area contributed by atoms with Crippen LogP contribution in [0.5, 0.6) is 5.75 Å². The number of amides is 2. The van der Waals surface area contributed by atoms with Gasteiger partial charge < -0.3 is 15.0 Å². The molecule has 0 bridgehead atoms. The number of hydrogen-bond donors (Lipinski definition) is 1. The monoisotopic (exact) mass is 324 g/mol. The number of methoxy groups -OCH3 is 1. The van der Waals surface area contributed by atoms with Crippen molar-refractivity contribution < 1.29 is 14.3 Å². The number of carbonyl (C=O) groups excluding carboxylic acids is 2. The highest BCUT2D eigenvalue weighted by molar-refractivity contribution is 6.09. The van der Waals surface area contributed by atoms with Gasteiger partial charge in [-0.05, 0) is 36.2 Å². The average molecular weight is 324 g/mol. The van der Waals surface area contributed by atoms with Crippen LogP contribution in [-0.4, -0.2) is 25.5 Å². The van der Waals surface area contributed by atoms with Crippen LogP contribution < -0.4 is 15.0 Å². The molecule has 1 atom stereocenters. The van der Waals surface area contributed by atoms with E-state index in [1.54, 1.807) is 12.0 Å². The van der Waals surface area contributed by atoms with Gasteiger partial charge in [-0.1, -0.05) is 30.3 Å². The molecule has 1 aliphatic heterocycles. The van der Waals surface area contributed by atoms with Gasteiger partial charge in [0.25, 0.3) is 0 Å². The summed E-state index contributed by atoms with van der Waals surface area (Å²) in [6, 6.07) is 16.9. The Kier molecular flexibility index (Phi) is 4.79. The van der Waals surface area contributed by atoms with Gasteiger partial charge in [0.1, 0.15) is 11.7 Å². The van der Waals surface area contributed by atoms with Crippen LogP contribution in [0.4, 0.5) is 5.69 Å². The van der Waals surface area contributed by atoms with Crippen molar-refractivity contribution >= 4 is 17.5 Å². The number of benzene rings is 2. The summed E-state index contributed by atoms with van der Waals surface area (Å²) >= 11 is 0. The van der Waals surface area contributed by atoms with Crippen LogP contribution >= 0.6 is 0 Å². The van der Waals surface area contributed by atoms with Gasteiger partial charge in [0.2, 0.25) is 11.8 Å². The Hall–Kier alpha value is -2.82. The molecule has 0 saturated carbocycles. The Morgan fingerprint density at radius 2 is 1.88 bits per heavy atom. The SMILES string of the molecule is COc1ccc(CNC(=O)C2CCN(c3ccccc3)C2=O)cc1. The van der Waals surface area contributed by atoms with E-state index < -0.39 is 5.92 Å². The fourth-order valence-corrected chi connectivity index (χ4v) is 2.84. The molecule has 5 heteroatoms. The predicted molar refractivity (Wildman–Crippen MR) is 91.7 cm³/mol. The Balaban J connectivity index is 1.58. The Morgan fingerprint density at radius 3 is 2.54 bits per heavy atom. The van der Waals surface area contributed by atoms with E-state index in [-0.39, 0.29) is 11.8 Å². The predicted octanol–water partition coefficient (Wildman–Crippen LogP) is 2.36. The van der Waals surface area contributed by atoms with Gasteiger partial charge in [-0.3, -0.25) is 9.59 Å². The zero-order valence-electron chi connectivity index (χ0n) is 13.6.